The molecule has 9 heteroatoms. The SMILES string of the molecule is CCc1nc(NC(C)=O)sc1-c1nc(Nc2cc(Cl)ccc2OC)sc1C. The van der Waals surface area contributed by atoms with Crippen LogP contribution in [-0.2, 0) is 11.2 Å². The van der Waals surface area contributed by atoms with Gasteiger partial charge in [-0.25, -0.2) is 9.97 Å². The van der Waals surface area contributed by atoms with E-state index in [0.717, 1.165) is 38.4 Å². The van der Waals surface area contributed by atoms with Gasteiger partial charge in [-0.05, 0) is 31.5 Å². The van der Waals surface area contributed by atoms with Gasteiger partial charge in [0.1, 0.15) is 5.75 Å². The average molecular weight is 423 g/mol. The van der Waals surface area contributed by atoms with E-state index in [1.165, 1.54) is 18.3 Å². The molecular formula is C18H19ClN4O2S2. The van der Waals surface area contributed by atoms with E-state index >= 15 is 0 Å². The minimum absolute atomic E-state index is 0.136. The number of carbonyl (C=O) groups is 1. The van der Waals surface area contributed by atoms with Crippen LogP contribution in [0.3, 0.4) is 0 Å². The highest BCUT2D eigenvalue weighted by Crippen LogP contribution is 2.40. The Morgan fingerprint density at radius 1 is 1.26 bits per heavy atom. The van der Waals surface area contributed by atoms with E-state index in [4.69, 9.17) is 21.3 Å². The Balaban J connectivity index is 1.95. The van der Waals surface area contributed by atoms with Crippen molar-refractivity contribution >= 4 is 56.1 Å². The predicted molar refractivity (Wildman–Crippen MR) is 113 cm³/mol. The molecule has 1 amide bonds. The molecule has 0 atom stereocenters. The van der Waals surface area contributed by atoms with E-state index in [1.54, 1.807) is 30.6 Å². The highest BCUT2D eigenvalue weighted by atomic mass is 35.5. The number of amides is 1. The van der Waals surface area contributed by atoms with E-state index in [0.29, 0.717) is 15.9 Å². The number of aromatic nitrogens is 2. The number of nitrogens with zero attached hydrogens (tertiary/aromatic N) is 2. The molecule has 0 unspecified atom stereocenters. The largest absolute Gasteiger partial charge is 0.495 e. The molecule has 0 bridgehead atoms. The Hall–Kier alpha value is -2.16. The Bertz CT molecular complexity index is 984. The first-order valence-corrected chi connectivity index (χ1v) is 10.3. The maximum absolute atomic E-state index is 11.3. The van der Waals surface area contributed by atoms with Crippen LogP contribution in [0.5, 0.6) is 5.75 Å². The molecule has 0 aliphatic heterocycles. The third-order valence-corrected chi connectivity index (χ3v) is 5.87. The number of anilines is 3. The topological polar surface area (TPSA) is 76.1 Å². The first kappa shape index (κ1) is 19.6. The lowest BCUT2D eigenvalue weighted by molar-refractivity contribution is -0.114. The monoisotopic (exact) mass is 422 g/mol. The zero-order chi connectivity index (χ0) is 19.6. The van der Waals surface area contributed by atoms with Crippen molar-refractivity contribution in [1.29, 1.82) is 0 Å². The second-order valence-electron chi connectivity index (χ2n) is 5.72. The van der Waals surface area contributed by atoms with Crippen molar-refractivity contribution in [3.63, 3.8) is 0 Å². The summed E-state index contributed by atoms with van der Waals surface area (Å²) in [5.74, 6) is 0.553. The lowest BCUT2D eigenvalue weighted by atomic mass is 10.2. The molecule has 2 N–H and O–H groups in total. The number of hydrogen-bond acceptors (Lipinski definition) is 7. The number of rotatable bonds is 6. The van der Waals surface area contributed by atoms with Crippen molar-refractivity contribution in [2.24, 2.45) is 0 Å². The van der Waals surface area contributed by atoms with E-state index in [9.17, 15) is 4.79 Å². The van der Waals surface area contributed by atoms with Gasteiger partial charge in [-0.1, -0.05) is 29.9 Å². The summed E-state index contributed by atoms with van der Waals surface area (Å²) in [6.45, 7) is 5.53. The van der Waals surface area contributed by atoms with Crippen LogP contribution in [0.25, 0.3) is 10.6 Å². The molecule has 2 aromatic heterocycles. The van der Waals surface area contributed by atoms with Crippen molar-refractivity contribution in [2.45, 2.75) is 27.2 Å². The molecule has 6 nitrogen and oxygen atoms in total. The summed E-state index contributed by atoms with van der Waals surface area (Å²) >= 11 is 9.08. The summed E-state index contributed by atoms with van der Waals surface area (Å²) in [4.78, 5) is 22.6. The molecule has 3 aromatic rings. The second kappa shape index (κ2) is 8.24. The molecule has 0 radical (unpaired) electrons. The molecule has 0 fully saturated rings. The Kier molecular flexibility index (Phi) is 5.98. The van der Waals surface area contributed by atoms with Gasteiger partial charge < -0.3 is 15.4 Å². The van der Waals surface area contributed by atoms with Gasteiger partial charge in [0.25, 0.3) is 0 Å². The molecule has 0 saturated heterocycles. The first-order valence-electron chi connectivity index (χ1n) is 8.27. The minimum atomic E-state index is -0.136. The molecule has 3 rings (SSSR count). The van der Waals surface area contributed by atoms with Gasteiger partial charge in [-0.2, -0.15) is 0 Å². The number of nitrogens with one attached hydrogen (secondary N) is 2. The van der Waals surface area contributed by atoms with Gasteiger partial charge in [0.2, 0.25) is 5.91 Å². The number of halogens is 1. The van der Waals surface area contributed by atoms with Crippen molar-refractivity contribution in [2.75, 3.05) is 17.7 Å². The maximum Gasteiger partial charge on any atom is 0.223 e. The third kappa shape index (κ3) is 4.40. The summed E-state index contributed by atoms with van der Waals surface area (Å²) in [6, 6.07) is 5.39. The highest BCUT2D eigenvalue weighted by Gasteiger charge is 2.19. The fourth-order valence-corrected chi connectivity index (χ4v) is 4.75. The quantitative estimate of drug-likeness (QED) is 0.548. The number of hydrogen-bond donors (Lipinski definition) is 2. The normalized spacial score (nSPS) is 10.7. The zero-order valence-electron chi connectivity index (χ0n) is 15.3. The summed E-state index contributed by atoms with van der Waals surface area (Å²) in [7, 11) is 1.61. The lowest BCUT2D eigenvalue weighted by Crippen LogP contribution is -2.05. The van der Waals surface area contributed by atoms with Crippen molar-refractivity contribution in [3.8, 4) is 16.3 Å². The van der Waals surface area contributed by atoms with E-state index < -0.39 is 0 Å². The standard InChI is InChI=1S/C18H19ClN4O2S2/c1-5-12-16(27-17(21-12)20-10(3)24)15-9(2)26-18(23-15)22-13-8-11(19)6-7-14(13)25-4/h6-8H,5H2,1-4H3,(H,22,23)(H,20,21,24). The first-order chi connectivity index (χ1) is 12.9. The van der Waals surface area contributed by atoms with Crippen molar-refractivity contribution < 1.29 is 9.53 Å². The lowest BCUT2D eigenvalue weighted by Gasteiger charge is -2.09. The Morgan fingerprint density at radius 3 is 2.70 bits per heavy atom. The van der Waals surface area contributed by atoms with Gasteiger partial charge >= 0.3 is 0 Å². The van der Waals surface area contributed by atoms with Crippen LogP contribution in [0.15, 0.2) is 18.2 Å². The van der Waals surface area contributed by atoms with Gasteiger partial charge in [0, 0.05) is 16.8 Å². The van der Waals surface area contributed by atoms with E-state index in [-0.39, 0.29) is 5.91 Å². The number of methoxy groups -OCH3 is 1. The molecule has 27 heavy (non-hydrogen) atoms. The van der Waals surface area contributed by atoms with Crippen molar-refractivity contribution in [1.82, 2.24) is 9.97 Å². The van der Waals surface area contributed by atoms with Crippen LogP contribution in [-0.4, -0.2) is 23.0 Å². The molecule has 0 aliphatic carbocycles. The second-order valence-corrected chi connectivity index (χ2v) is 8.36. The van der Waals surface area contributed by atoms with Crippen LogP contribution in [0, 0.1) is 6.92 Å². The fraction of sp³-hybridized carbons (Fsp3) is 0.278. The summed E-state index contributed by atoms with van der Waals surface area (Å²) in [5.41, 5.74) is 2.54. The van der Waals surface area contributed by atoms with Gasteiger partial charge in [0.15, 0.2) is 10.3 Å². The predicted octanol–water partition coefficient (Wildman–Crippen LogP) is 5.50. The smallest absolute Gasteiger partial charge is 0.223 e. The van der Waals surface area contributed by atoms with Crippen LogP contribution in [0.4, 0.5) is 16.0 Å². The van der Waals surface area contributed by atoms with Crippen LogP contribution in [0.1, 0.15) is 24.4 Å². The van der Waals surface area contributed by atoms with Crippen molar-refractivity contribution in [3.05, 3.63) is 33.8 Å². The molecule has 2 heterocycles. The third-order valence-electron chi connectivity index (χ3n) is 3.73. The fourth-order valence-electron chi connectivity index (χ4n) is 2.53. The molecule has 0 aliphatic rings. The van der Waals surface area contributed by atoms with Crippen LogP contribution >= 0.6 is 34.3 Å². The summed E-state index contributed by atoms with van der Waals surface area (Å²) < 4.78 is 5.38. The number of benzene rings is 1. The minimum Gasteiger partial charge on any atom is -0.495 e. The van der Waals surface area contributed by atoms with Gasteiger partial charge in [-0.3, -0.25) is 4.79 Å². The number of thiazole rings is 2. The molecular weight excluding hydrogens is 404 g/mol. The highest BCUT2D eigenvalue weighted by molar-refractivity contribution is 7.20. The van der Waals surface area contributed by atoms with Gasteiger partial charge in [-0.15, -0.1) is 11.3 Å². The number of aryl methyl sites for hydroxylation is 2. The Labute approximate surface area is 170 Å². The van der Waals surface area contributed by atoms with Gasteiger partial charge in [0.05, 0.1) is 29.1 Å². The maximum atomic E-state index is 11.3. The molecule has 1 aromatic carbocycles. The van der Waals surface area contributed by atoms with Crippen LogP contribution in [0.2, 0.25) is 5.02 Å². The van der Waals surface area contributed by atoms with E-state index in [1.807, 2.05) is 19.9 Å². The zero-order valence-corrected chi connectivity index (χ0v) is 17.7. The summed E-state index contributed by atoms with van der Waals surface area (Å²) in [6.07, 6.45) is 0.757. The Morgan fingerprint density at radius 2 is 2.04 bits per heavy atom. The number of carbonyl (C=O) groups excluding carboxylic acids is 1. The van der Waals surface area contributed by atoms with Crippen LogP contribution < -0.4 is 15.4 Å². The molecule has 0 saturated carbocycles. The average Bonchev–Trinajstić information content (AvgIpc) is 3.17. The molecule has 142 valence electrons. The summed E-state index contributed by atoms with van der Waals surface area (Å²) in [5, 5.41) is 7.98. The number of ether oxygens (including phenoxy) is 1. The molecule has 0 spiro atoms. The van der Waals surface area contributed by atoms with E-state index in [2.05, 4.69) is 15.6 Å².